The van der Waals surface area contributed by atoms with Crippen LogP contribution in [0.2, 0.25) is 0 Å². The predicted molar refractivity (Wildman–Crippen MR) is 49.1 cm³/mol. The fourth-order valence-electron chi connectivity index (χ4n) is 1.26. The number of hydrogen-bond donors (Lipinski definition) is 0. The van der Waals surface area contributed by atoms with Gasteiger partial charge in [0.15, 0.2) is 0 Å². The molecular formula is C9H17F2NO2. The zero-order valence-electron chi connectivity index (χ0n) is 8.58. The number of hydrogen-bond acceptors (Lipinski definition) is 2. The van der Waals surface area contributed by atoms with Gasteiger partial charge in [0, 0.05) is 13.1 Å². The third-order valence-electron chi connectivity index (χ3n) is 1.92. The van der Waals surface area contributed by atoms with Gasteiger partial charge in [-0.15, -0.1) is 0 Å². The van der Waals surface area contributed by atoms with Crippen LogP contribution in [0.5, 0.6) is 0 Å². The van der Waals surface area contributed by atoms with E-state index in [0.717, 1.165) is 6.41 Å². The summed E-state index contributed by atoms with van der Waals surface area (Å²) in [6.07, 6.45) is 1.35. The molecule has 0 atom stereocenters. The average molecular weight is 209 g/mol. The SMILES string of the molecule is CC.O=CN1CCC(OC(F)F)CC1. The van der Waals surface area contributed by atoms with Gasteiger partial charge in [-0.2, -0.15) is 8.78 Å². The van der Waals surface area contributed by atoms with Crippen LogP contribution >= 0.6 is 0 Å². The Morgan fingerprint density at radius 3 is 2.21 bits per heavy atom. The van der Waals surface area contributed by atoms with Gasteiger partial charge in [-0.25, -0.2) is 0 Å². The Kier molecular flexibility index (Phi) is 7.28. The Balaban J connectivity index is 0.000000791. The van der Waals surface area contributed by atoms with Gasteiger partial charge in [0.05, 0.1) is 6.10 Å². The van der Waals surface area contributed by atoms with Crippen molar-refractivity contribution in [2.75, 3.05) is 13.1 Å². The first-order valence-corrected chi connectivity index (χ1v) is 4.85. The van der Waals surface area contributed by atoms with E-state index in [-0.39, 0.29) is 6.10 Å². The molecule has 0 aromatic heterocycles. The van der Waals surface area contributed by atoms with Crippen LogP contribution in [0.15, 0.2) is 0 Å². The molecule has 5 heteroatoms. The van der Waals surface area contributed by atoms with E-state index in [2.05, 4.69) is 4.74 Å². The number of carbonyl (C=O) groups excluding carboxylic acids is 1. The number of likely N-dealkylation sites (tertiary alicyclic amines) is 1. The second kappa shape index (κ2) is 7.67. The van der Waals surface area contributed by atoms with E-state index >= 15 is 0 Å². The predicted octanol–water partition coefficient (Wildman–Crippen LogP) is 1.87. The van der Waals surface area contributed by atoms with Crippen molar-refractivity contribution >= 4 is 6.41 Å². The van der Waals surface area contributed by atoms with E-state index in [1.807, 2.05) is 13.8 Å². The van der Waals surface area contributed by atoms with Crippen LogP contribution in [0, 0.1) is 0 Å². The third-order valence-corrected chi connectivity index (χ3v) is 1.92. The number of carbonyl (C=O) groups is 1. The summed E-state index contributed by atoms with van der Waals surface area (Å²) in [5.41, 5.74) is 0. The molecule has 1 aliphatic heterocycles. The van der Waals surface area contributed by atoms with Crippen LogP contribution in [0.25, 0.3) is 0 Å². The molecular weight excluding hydrogens is 192 g/mol. The molecule has 1 rings (SSSR count). The summed E-state index contributed by atoms with van der Waals surface area (Å²) in [6.45, 7) is 2.33. The summed E-state index contributed by atoms with van der Waals surface area (Å²) in [4.78, 5) is 11.8. The molecule has 0 aliphatic carbocycles. The summed E-state index contributed by atoms with van der Waals surface area (Å²) in [7, 11) is 0. The maximum absolute atomic E-state index is 11.7. The number of ether oxygens (including phenoxy) is 1. The fraction of sp³-hybridized carbons (Fsp3) is 0.889. The zero-order valence-corrected chi connectivity index (χ0v) is 8.58. The summed E-state index contributed by atoms with van der Waals surface area (Å²) in [5, 5.41) is 0. The van der Waals surface area contributed by atoms with Crippen LogP contribution in [0.3, 0.4) is 0 Å². The summed E-state index contributed by atoms with van der Waals surface area (Å²) < 4.78 is 27.7. The Hall–Kier alpha value is -0.710. The molecule has 0 unspecified atom stereocenters. The van der Waals surface area contributed by atoms with E-state index in [9.17, 15) is 13.6 Å². The molecule has 0 aromatic rings. The molecule has 1 fully saturated rings. The van der Waals surface area contributed by atoms with Crippen LogP contribution in [0.4, 0.5) is 8.78 Å². The number of amides is 1. The first-order valence-electron chi connectivity index (χ1n) is 4.85. The lowest BCUT2D eigenvalue weighted by Crippen LogP contribution is -2.36. The first-order chi connectivity index (χ1) is 6.72. The van der Waals surface area contributed by atoms with Crippen LogP contribution in [0.1, 0.15) is 26.7 Å². The van der Waals surface area contributed by atoms with Gasteiger partial charge in [0.1, 0.15) is 0 Å². The van der Waals surface area contributed by atoms with Crippen molar-refractivity contribution in [2.45, 2.75) is 39.4 Å². The molecule has 3 nitrogen and oxygen atoms in total. The van der Waals surface area contributed by atoms with Crippen LogP contribution in [-0.2, 0) is 9.53 Å². The van der Waals surface area contributed by atoms with Gasteiger partial charge in [0.2, 0.25) is 6.41 Å². The quantitative estimate of drug-likeness (QED) is 0.664. The van der Waals surface area contributed by atoms with Gasteiger partial charge in [-0.3, -0.25) is 4.79 Å². The number of piperidine rings is 1. The summed E-state index contributed by atoms with van der Waals surface area (Å²) in [5.74, 6) is 0. The van der Waals surface area contributed by atoms with E-state index in [1.54, 1.807) is 4.90 Å². The second-order valence-corrected chi connectivity index (χ2v) is 2.74. The standard InChI is InChI=1S/C7H11F2NO2.C2H6/c8-7(9)12-6-1-3-10(5-11)4-2-6;1-2/h5-7H,1-4H2;1-2H3. The fourth-order valence-corrected chi connectivity index (χ4v) is 1.26. The lowest BCUT2D eigenvalue weighted by molar-refractivity contribution is -0.172. The zero-order chi connectivity index (χ0) is 11.0. The largest absolute Gasteiger partial charge is 0.345 e. The minimum absolute atomic E-state index is 0.388. The summed E-state index contributed by atoms with van der Waals surface area (Å²) in [6, 6.07) is 0. The molecule has 0 radical (unpaired) electrons. The molecule has 0 saturated carbocycles. The van der Waals surface area contributed by atoms with Crippen molar-refractivity contribution in [3.63, 3.8) is 0 Å². The number of rotatable bonds is 3. The lowest BCUT2D eigenvalue weighted by Gasteiger charge is -2.28. The molecule has 84 valence electrons. The van der Waals surface area contributed by atoms with Gasteiger partial charge >= 0.3 is 6.61 Å². The second-order valence-electron chi connectivity index (χ2n) is 2.74. The normalized spacial score (nSPS) is 17.6. The van der Waals surface area contributed by atoms with Crippen molar-refractivity contribution in [2.24, 2.45) is 0 Å². The highest BCUT2D eigenvalue weighted by Crippen LogP contribution is 2.14. The highest BCUT2D eigenvalue weighted by atomic mass is 19.3. The van der Waals surface area contributed by atoms with Crippen molar-refractivity contribution in [3.05, 3.63) is 0 Å². The highest BCUT2D eigenvalue weighted by molar-refractivity contribution is 5.47. The van der Waals surface area contributed by atoms with Gasteiger partial charge in [-0.05, 0) is 12.8 Å². The molecule has 1 saturated heterocycles. The summed E-state index contributed by atoms with van der Waals surface area (Å²) >= 11 is 0. The molecule has 0 N–H and O–H groups in total. The van der Waals surface area contributed by atoms with Gasteiger partial charge < -0.3 is 9.64 Å². The first kappa shape index (κ1) is 13.3. The van der Waals surface area contributed by atoms with E-state index in [4.69, 9.17) is 0 Å². The van der Waals surface area contributed by atoms with Crippen LogP contribution in [-0.4, -0.2) is 37.1 Å². The smallest absolute Gasteiger partial charge is 0.345 e. The Labute approximate surface area is 83.0 Å². The molecule has 0 spiro atoms. The minimum Gasteiger partial charge on any atom is -0.345 e. The molecule has 1 aliphatic rings. The number of nitrogens with zero attached hydrogens (tertiary/aromatic N) is 1. The third kappa shape index (κ3) is 5.11. The monoisotopic (exact) mass is 209 g/mol. The molecule has 1 amide bonds. The Bertz CT molecular complexity index is 148. The maximum atomic E-state index is 11.7. The van der Waals surface area contributed by atoms with E-state index in [1.165, 1.54) is 0 Å². The Morgan fingerprint density at radius 1 is 1.36 bits per heavy atom. The van der Waals surface area contributed by atoms with Crippen LogP contribution < -0.4 is 0 Å². The molecule has 1 heterocycles. The van der Waals surface area contributed by atoms with Crippen molar-refractivity contribution in [3.8, 4) is 0 Å². The van der Waals surface area contributed by atoms with Gasteiger partial charge in [-0.1, -0.05) is 13.8 Å². The minimum atomic E-state index is -2.70. The topological polar surface area (TPSA) is 29.5 Å². The molecule has 0 aromatic carbocycles. The van der Waals surface area contributed by atoms with Crippen molar-refractivity contribution in [1.82, 2.24) is 4.90 Å². The lowest BCUT2D eigenvalue weighted by atomic mass is 10.1. The van der Waals surface area contributed by atoms with E-state index < -0.39 is 6.61 Å². The average Bonchev–Trinajstić information content (AvgIpc) is 2.21. The number of alkyl halides is 2. The maximum Gasteiger partial charge on any atom is 0.345 e. The number of halogens is 2. The van der Waals surface area contributed by atoms with Crippen molar-refractivity contribution in [1.29, 1.82) is 0 Å². The van der Waals surface area contributed by atoms with Crippen molar-refractivity contribution < 1.29 is 18.3 Å². The van der Waals surface area contributed by atoms with E-state index in [0.29, 0.717) is 25.9 Å². The highest BCUT2D eigenvalue weighted by Gasteiger charge is 2.21. The molecule has 14 heavy (non-hydrogen) atoms. The Morgan fingerprint density at radius 2 is 1.86 bits per heavy atom. The molecule has 0 bridgehead atoms. The van der Waals surface area contributed by atoms with Gasteiger partial charge in [0.25, 0.3) is 0 Å².